The molecule has 0 saturated heterocycles. The third-order valence-corrected chi connectivity index (χ3v) is 13.4. The third-order valence-electron chi connectivity index (χ3n) is 13.4. The molecular formula is C66H116O6. The number of rotatable bonds is 56. The molecule has 0 fully saturated rings. The Labute approximate surface area is 446 Å². The normalized spacial score (nSPS) is 12.5. The lowest BCUT2D eigenvalue weighted by molar-refractivity contribution is -0.167. The van der Waals surface area contributed by atoms with Crippen LogP contribution in [0.2, 0.25) is 0 Å². The largest absolute Gasteiger partial charge is 0.462 e. The predicted molar refractivity (Wildman–Crippen MR) is 311 cm³/mol. The van der Waals surface area contributed by atoms with E-state index in [9.17, 15) is 14.4 Å². The van der Waals surface area contributed by atoms with Gasteiger partial charge >= 0.3 is 17.9 Å². The second kappa shape index (κ2) is 60.4. The van der Waals surface area contributed by atoms with Crippen molar-refractivity contribution < 1.29 is 28.6 Å². The van der Waals surface area contributed by atoms with Crippen LogP contribution in [0.3, 0.4) is 0 Å². The molecule has 0 spiro atoms. The number of hydrogen-bond acceptors (Lipinski definition) is 6. The molecule has 1 atom stereocenters. The zero-order valence-electron chi connectivity index (χ0n) is 47.7. The maximum Gasteiger partial charge on any atom is 0.306 e. The fraction of sp³-hybridized carbons (Fsp3) is 0.773. The van der Waals surface area contributed by atoms with Gasteiger partial charge in [-0.2, -0.15) is 0 Å². The highest BCUT2D eigenvalue weighted by atomic mass is 16.6. The van der Waals surface area contributed by atoms with Crippen molar-refractivity contribution in [1.29, 1.82) is 0 Å². The lowest BCUT2D eigenvalue weighted by atomic mass is 10.0. The van der Waals surface area contributed by atoms with Gasteiger partial charge in [-0.05, 0) is 83.5 Å². The van der Waals surface area contributed by atoms with Crippen LogP contribution in [0.5, 0.6) is 0 Å². The van der Waals surface area contributed by atoms with E-state index in [2.05, 4.69) is 93.7 Å². The van der Waals surface area contributed by atoms with Gasteiger partial charge in [0.05, 0.1) is 0 Å². The van der Waals surface area contributed by atoms with Crippen molar-refractivity contribution >= 4 is 17.9 Å². The monoisotopic (exact) mass is 1000 g/mol. The quantitative estimate of drug-likeness (QED) is 0.0261. The van der Waals surface area contributed by atoms with Crippen molar-refractivity contribution in [2.24, 2.45) is 0 Å². The molecule has 6 nitrogen and oxygen atoms in total. The van der Waals surface area contributed by atoms with Gasteiger partial charge in [-0.15, -0.1) is 0 Å². The number of ether oxygens (including phenoxy) is 3. The van der Waals surface area contributed by atoms with Crippen molar-refractivity contribution in [3.05, 3.63) is 72.9 Å². The van der Waals surface area contributed by atoms with Crippen LogP contribution in [-0.4, -0.2) is 37.2 Å². The molecule has 0 amide bonds. The summed E-state index contributed by atoms with van der Waals surface area (Å²) in [6, 6.07) is 0. The van der Waals surface area contributed by atoms with Crippen LogP contribution >= 0.6 is 0 Å². The maximum atomic E-state index is 12.9. The highest BCUT2D eigenvalue weighted by molar-refractivity contribution is 5.71. The van der Waals surface area contributed by atoms with E-state index in [-0.39, 0.29) is 31.1 Å². The Hall–Kier alpha value is -3.15. The van der Waals surface area contributed by atoms with Crippen molar-refractivity contribution in [2.45, 2.75) is 316 Å². The first kappa shape index (κ1) is 68.8. The molecular weight excluding hydrogens is 889 g/mol. The summed E-state index contributed by atoms with van der Waals surface area (Å²) in [7, 11) is 0. The van der Waals surface area contributed by atoms with E-state index in [0.717, 1.165) is 128 Å². The highest BCUT2D eigenvalue weighted by Gasteiger charge is 2.19. The Bertz CT molecular complexity index is 1340. The second-order valence-electron chi connectivity index (χ2n) is 20.6. The zero-order valence-corrected chi connectivity index (χ0v) is 47.7. The summed E-state index contributed by atoms with van der Waals surface area (Å²) in [6.45, 7) is 6.47. The van der Waals surface area contributed by atoms with Crippen LogP contribution in [0.4, 0.5) is 0 Å². The Kier molecular flexibility index (Phi) is 57.8. The van der Waals surface area contributed by atoms with Crippen LogP contribution in [0.25, 0.3) is 0 Å². The number of hydrogen-bond donors (Lipinski definition) is 0. The van der Waals surface area contributed by atoms with E-state index in [1.807, 2.05) is 0 Å². The van der Waals surface area contributed by atoms with E-state index in [0.29, 0.717) is 19.3 Å². The molecule has 72 heavy (non-hydrogen) atoms. The lowest BCUT2D eigenvalue weighted by Gasteiger charge is -2.18. The van der Waals surface area contributed by atoms with Gasteiger partial charge in [-0.1, -0.05) is 280 Å². The smallest absolute Gasteiger partial charge is 0.306 e. The molecule has 0 rings (SSSR count). The van der Waals surface area contributed by atoms with Crippen molar-refractivity contribution in [2.75, 3.05) is 13.2 Å². The second-order valence-corrected chi connectivity index (χ2v) is 20.6. The van der Waals surface area contributed by atoms with Crippen LogP contribution in [0, 0.1) is 0 Å². The van der Waals surface area contributed by atoms with Gasteiger partial charge in [0.2, 0.25) is 0 Å². The number of carbonyl (C=O) groups excluding carboxylic acids is 3. The van der Waals surface area contributed by atoms with Crippen molar-refractivity contribution in [3.63, 3.8) is 0 Å². The van der Waals surface area contributed by atoms with Gasteiger partial charge < -0.3 is 14.2 Å². The number of allylic oxidation sites excluding steroid dienone is 12. The standard InChI is InChI=1S/C66H116O6/c1-4-7-10-13-16-19-22-25-27-29-30-31-32-33-34-35-37-38-41-44-47-50-53-56-59-65(68)71-62-63(61-70-64(67)58-55-52-49-46-43-40-24-21-18-15-12-9-6-3)72-66(69)60-57-54-51-48-45-42-39-36-28-26-23-20-17-14-11-8-5-2/h8,11-12,15,17,20-21,24,26,28,39,42,63H,4-7,9-10,13-14,16,18-19,22-23,25,27,29-38,40-41,43-62H2,1-3H3/b11-8-,15-12-,20-17-,24-21-,28-26-,42-39-. The fourth-order valence-electron chi connectivity index (χ4n) is 8.83. The number of esters is 3. The highest BCUT2D eigenvalue weighted by Crippen LogP contribution is 2.17. The van der Waals surface area contributed by atoms with Crippen LogP contribution < -0.4 is 0 Å². The molecule has 0 saturated carbocycles. The average Bonchev–Trinajstić information content (AvgIpc) is 3.38. The Morgan fingerprint density at radius 3 is 0.903 bits per heavy atom. The minimum Gasteiger partial charge on any atom is -0.462 e. The van der Waals surface area contributed by atoms with E-state index in [4.69, 9.17) is 14.2 Å². The minimum absolute atomic E-state index is 0.0877. The molecule has 0 aliphatic carbocycles. The molecule has 0 heterocycles. The molecule has 0 bridgehead atoms. The summed E-state index contributed by atoms with van der Waals surface area (Å²) in [6.07, 6.45) is 77.7. The Morgan fingerprint density at radius 1 is 0.292 bits per heavy atom. The molecule has 416 valence electrons. The number of carbonyl (C=O) groups is 3. The van der Waals surface area contributed by atoms with Gasteiger partial charge in [0.25, 0.3) is 0 Å². The molecule has 6 heteroatoms. The van der Waals surface area contributed by atoms with Gasteiger partial charge in [-0.3, -0.25) is 14.4 Å². The summed E-state index contributed by atoms with van der Waals surface area (Å²) in [5.74, 6) is -0.914. The molecule has 0 aliphatic heterocycles. The average molecular weight is 1010 g/mol. The van der Waals surface area contributed by atoms with Gasteiger partial charge in [0.1, 0.15) is 13.2 Å². The first-order valence-electron chi connectivity index (χ1n) is 30.9. The molecule has 0 aromatic carbocycles. The molecule has 0 radical (unpaired) electrons. The van der Waals surface area contributed by atoms with Crippen molar-refractivity contribution in [3.8, 4) is 0 Å². The molecule has 1 unspecified atom stereocenters. The summed E-state index contributed by atoms with van der Waals surface area (Å²) in [5, 5.41) is 0. The first-order valence-corrected chi connectivity index (χ1v) is 30.9. The van der Waals surface area contributed by atoms with Crippen LogP contribution in [-0.2, 0) is 28.6 Å². The van der Waals surface area contributed by atoms with E-state index >= 15 is 0 Å². The van der Waals surface area contributed by atoms with E-state index in [1.165, 1.54) is 141 Å². The topological polar surface area (TPSA) is 78.9 Å². The number of unbranched alkanes of at least 4 members (excludes halogenated alkanes) is 33. The fourth-order valence-corrected chi connectivity index (χ4v) is 8.83. The molecule has 0 aromatic heterocycles. The van der Waals surface area contributed by atoms with E-state index in [1.54, 1.807) is 0 Å². The lowest BCUT2D eigenvalue weighted by Crippen LogP contribution is -2.30. The minimum atomic E-state index is -0.794. The Balaban J connectivity index is 4.30. The maximum absolute atomic E-state index is 12.9. The molecule has 0 aromatic rings. The molecule has 0 aliphatic rings. The summed E-state index contributed by atoms with van der Waals surface area (Å²) in [4.78, 5) is 38.2. The summed E-state index contributed by atoms with van der Waals surface area (Å²) in [5.41, 5.74) is 0. The first-order chi connectivity index (χ1) is 35.5. The molecule has 0 N–H and O–H groups in total. The Morgan fingerprint density at radius 2 is 0.569 bits per heavy atom. The van der Waals surface area contributed by atoms with E-state index < -0.39 is 6.10 Å². The van der Waals surface area contributed by atoms with Crippen molar-refractivity contribution in [1.82, 2.24) is 0 Å². The third kappa shape index (κ3) is 57.7. The van der Waals surface area contributed by atoms with Gasteiger partial charge in [0.15, 0.2) is 6.10 Å². The van der Waals surface area contributed by atoms with Gasteiger partial charge in [-0.25, -0.2) is 0 Å². The van der Waals surface area contributed by atoms with Gasteiger partial charge in [0, 0.05) is 19.3 Å². The summed E-state index contributed by atoms with van der Waals surface area (Å²) >= 11 is 0. The SMILES string of the molecule is CC/C=C\C/C=C\C/C=C\C/C=C\CCCCCCC(=O)OC(COC(=O)CCCCCCC/C=C\C/C=C\CCC)COC(=O)CCCCCCCCCCCCCCCCCCCCCCCCCC. The predicted octanol–water partition coefficient (Wildman–Crippen LogP) is 20.9. The zero-order chi connectivity index (χ0) is 52.2. The van der Waals surface area contributed by atoms with Crippen LogP contribution in [0.1, 0.15) is 310 Å². The van der Waals surface area contributed by atoms with Crippen LogP contribution in [0.15, 0.2) is 72.9 Å². The summed E-state index contributed by atoms with van der Waals surface area (Å²) < 4.78 is 16.9.